The number of aromatic nitrogens is 1. The summed E-state index contributed by atoms with van der Waals surface area (Å²) in [6.07, 6.45) is 0.270. The van der Waals surface area contributed by atoms with Gasteiger partial charge in [0.05, 0.1) is 11.1 Å². The first-order chi connectivity index (χ1) is 7.52. The Morgan fingerprint density at radius 3 is 2.56 bits per heavy atom. The van der Waals surface area contributed by atoms with E-state index in [9.17, 15) is 17.1 Å². The molecule has 0 aliphatic rings. The van der Waals surface area contributed by atoms with Crippen LogP contribution in [0.4, 0.5) is 3.89 Å². The van der Waals surface area contributed by atoms with Crippen molar-refractivity contribution in [3.05, 3.63) is 35.9 Å². The maximum atomic E-state index is 12.8. The van der Waals surface area contributed by atoms with Gasteiger partial charge < -0.3 is 0 Å². The number of para-hydroxylation sites is 1. The summed E-state index contributed by atoms with van der Waals surface area (Å²) in [7, 11) is -4.98. The lowest BCUT2D eigenvalue weighted by molar-refractivity contribution is 0.112. The van der Waals surface area contributed by atoms with Crippen LogP contribution in [0.2, 0.25) is 0 Å². The summed E-state index contributed by atoms with van der Waals surface area (Å²) in [5.74, 6) is 0. The zero-order valence-corrected chi connectivity index (χ0v) is 8.74. The molecule has 1 aromatic carbocycles. The van der Waals surface area contributed by atoms with E-state index in [2.05, 4.69) is 4.98 Å². The molecule has 0 bridgehead atoms. The lowest BCUT2D eigenvalue weighted by Crippen LogP contribution is -2.02. The maximum absolute atomic E-state index is 12.8. The van der Waals surface area contributed by atoms with Crippen molar-refractivity contribution in [2.24, 2.45) is 0 Å². The lowest BCUT2D eigenvalue weighted by Gasteiger charge is -2.01. The third-order valence-electron chi connectivity index (χ3n) is 2.07. The Kier molecular flexibility index (Phi) is 2.43. The normalized spacial score (nSPS) is 11.6. The molecule has 2 aromatic rings. The molecule has 0 fully saturated rings. The van der Waals surface area contributed by atoms with E-state index in [4.69, 9.17) is 0 Å². The van der Waals surface area contributed by atoms with Crippen molar-refractivity contribution in [3.63, 3.8) is 0 Å². The lowest BCUT2D eigenvalue weighted by atomic mass is 10.2. The van der Waals surface area contributed by atoms with Crippen LogP contribution in [0.15, 0.2) is 35.4 Å². The molecule has 0 aliphatic heterocycles. The molecule has 0 spiro atoms. The first kappa shape index (κ1) is 10.7. The number of benzene rings is 1. The molecule has 0 N–H and O–H groups in total. The van der Waals surface area contributed by atoms with E-state index in [1.54, 1.807) is 24.3 Å². The Bertz CT molecular complexity index is 667. The molecule has 1 heterocycles. The number of halogens is 1. The van der Waals surface area contributed by atoms with Gasteiger partial charge in [-0.25, -0.2) is 4.98 Å². The van der Waals surface area contributed by atoms with Crippen LogP contribution in [0.25, 0.3) is 10.9 Å². The Balaban J connectivity index is 2.88. The molecule has 2 rings (SSSR count). The molecule has 0 radical (unpaired) electrons. The average Bonchev–Trinajstić information content (AvgIpc) is 2.26. The molecule has 82 valence electrons. The Hall–Kier alpha value is -1.82. The van der Waals surface area contributed by atoms with E-state index in [0.29, 0.717) is 10.9 Å². The van der Waals surface area contributed by atoms with Crippen molar-refractivity contribution >= 4 is 27.4 Å². The smallest absolute Gasteiger partial charge is 0.298 e. The molecule has 0 saturated carbocycles. The molecular weight excluding hydrogens is 233 g/mol. The average molecular weight is 239 g/mol. The summed E-state index contributed by atoms with van der Waals surface area (Å²) in [6.45, 7) is 0. The topological polar surface area (TPSA) is 64.1 Å². The molecule has 0 saturated heterocycles. The van der Waals surface area contributed by atoms with Gasteiger partial charge in [-0.05, 0) is 12.1 Å². The minimum Gasteiger partial charge on any atom is -0.298 e. The van der Waals surface area contributed by atoms with Crippen molar-refractivity contribution in [1.82, 2.24) is 4.98 Å². The number of carbonyl (C=O) groups excluding carboxylic acids is 1. The second kappa shape index (κ2) is 3.64. The Morgan fingerprint density at radius 1 is 1.25 bits per heavy atom. The van der Waals surface area contributed by atoms with Gasteiger partial charge in [0.25, 0.3) is 0 Å². The number of carbonyl (C=O) groups is 1. The van der Waals surface area contributed by atoms with E-state index in [1.165, 1.54) is 6.07 Å². The van der Waals surface area contributed by atoms with Crippen molar-refractivity contribution in [1.29, 1.82) is 0 Å². The van der Waals surface area contributed by atoms with Gasteiger partial charge in [0.15, 0.2) is 11.3 Å². The van der Waals surface area contributed by atoms with Gasteiger partial charge in [0, 0.05) is 5.39 Å². The molecule has 0 aliphatic carbocycles. The van der Waals surface area contributed by atoms with E-state index in [-0.39, 0.29) is 11.8 Å². The molecule has 6 heteroatoms. The first-order valence-electron chi connectivity index (χ1n) is 4.32. The van der Waals surface area contributed by atoms with Crippen LogP contribution in [0, 0.1) is 0 Å². The second-order valence-electron chi connectivity index (χ2n) is 3.13. The number of nitrogens with zero attached hydrogens (tertiary/aromatic N) is 1. The zero-order chi connectivity index (χ0) is 11.8. The van der Waals surface area contributed by atoms with Crippen LogP contribution >= 0.6 is 0 Å². The number of hydrogen-bond donors (Lipinski definition) is 0. The number of hydrogen-bond acceptors (Lipinski definition) is 4. The molecule has 16 heavy (non-hydrogen) atoms. The quantitative estimate of drug-likeness (QED) is 0.591. The fourth-order valence-electron chi connectivity index (χ4n) is 1.39. The number of rotatable bonds is 2. The molecule has 1 aromatic heterocycles. The SMILES string of the molecule is O=Cc1cc2ccccc2nc1S(=O)(=O)F. The Morgan fingerprint density at radius 2 is 1.94 bits per heavy atom. The fraction of sp³-hybridized carbons (Fsp3) is 0. The summed E-state index contributed by atoms with van der Waals surface area (Å²) in [5, 5.41) is -0.252. The summed E-state index contributed by atoms with van der Waals surface area (Å²) < 4.78 is 34.4. The number of fused-ring (bicyclic) bond motifs is 1. The van der Waals surface area contributed by atoms with Crippen LogP contribution in [0.1, 0.15) is 10.4 Å². The van der Waals surface area contributed by atoms with Crippen LogP contribution in [0.5, 0.6) is 0 Å². The van der Waals surface area contributed by atoms with E-state index >= 15 is 0 Å². The third kappa shape index (κ3) is 1.79. The summed E-state index contributed by atoms with van der Waals surface area (Å²) in [5.41, 5.74) is 0.0468. The van der Waals surface area contributed by atoms with Gasteiger partial charge in [-0.15, -0.1) is 0 Å². The number of aldehydes is 1. The molecule has 0 unspecified atom stereocenters. The Labute approximate surface area is 90.9 Å². The summed E-state index contributed by atoms with van der Waals surface area (Å²) >= 11 is 0. The van der Waals surface area contributed by atoms with Crippen molar-refractivity contribution < 1.29 is 17.1 Å². The van der Waals surface area contributed by atoms with E-state index in [0.717, 1.165) is 0 Å². The monoisotopic (exact) mass is 239 g/mol. The van der Waals surface area contributed by atoms with Crippen molar-refractivity contribution in [3.8, 4) is 0 Å². The zero-order valence-electron chi connectivity index (χ0n) is 7.92. The van der Waals surface area contributed by atoms with Crippen molar-refractivity contribution in [2.45, 2.75) is 5.03 Å². The highest BCUT2D eigenvalue weighted by atomic mass is 32.3. The van der Waals surface area contributed by atoms with Gasteiger partial charge in [-0.3, -0.25) is 4.79 Å². The minimum atomic E-state index is -4.98. The van der Waals surface area contributed by atoms with Gasteiger partial charge in [-0.1, -0.05) is 22.1 Å². The van der Waals surface area contributed by atoms with Crippen LogP contribution in [0.3, 0.4) is 0 Å². The van der Waals surface area contributed by atoms with Gasteiger partial charge in [0.2, 0.25) is 0 Å². The van der Waals surface area contributed by atoms with Gasteiger partial charge in [-0.2, -0.15) is 8.42 Å². The highest BCUT2D eigenvalue weighted by molar-refractivity contribution is 7.86. The predicted octanol–water partition coefficient (Wildman–Crippen LogP) is 1.71. The van der Waals surface area contributed by atoms with Crippen LogP contribution in [-0.2, 0) is 10.2 Å². The minimum absolute atomic E-state index is 0.270. The molecule has 0 amide bonds. The maximum Gasteiger partial charge on any atom is 0.350 e. The van der Waals surface area contributed by atoms with Crippen LogP contribution in [-0.4, -0.2) is 19.7 Å². The molecular formula is C10H6FNO3S. The van der Waals surface area contributed by atoms with Crippen molar-refractivity contribution in [2.75, 3.05) is 0 Å². The molecule has 0 atom stereocenters. The summed E-state index contributed by atoms with van der Waals surface area (Å²) in [4.78, 5) is 14.3. The highest BCUT2D eigenvalue weighted by Gasteiger charge is 2.19. The second-order valence-corrected chi connectivity index (χ2v) is 4.39. The fourth-order valence-corrected chi connectivity index (χ4v) is 1.99. The summed E-state index contributed by atoms with van der Waals surface area (Å²) in [6, 6.07) is 7.84. The highest BCUT2D eigenvalue weighted by Crippen LogP contribution is 2.20. The predicted molar refractivity (Wildman–Crippen MR) is 55.4 cm³/mol. The van der Waals surface area contributed by atoms with Crippen LogP contribution < -0.4 is 0 Å². The molecule has 4 nitrogen and oxygen atoms in total. The third-order valence-corrected chi connectivity index (χ3v) is 2.86. The largest absolute Gasteiger partial charge is 0.350 e. The van der Waals surface area contributed by atoms with E-state index < -0.39 is 15.2 Å². The number of pyridine rings is 1. The van der Waals surface area contributed by atoms with Gasteiger partial charge in [0.1, 0.15) is 0 Å². The first-order valence-corrected chi connectivity index (χ1v) is 5.70. The van der Waals surface area contributed by atoms with E-state index in [1.807, 2.05) is 0 Å². The standard InChI is InChI=1S/C10H6FNO3S/c11-16(14,15)10-8(6-13)5-7-3-1-2-4-9(7)12-10/h1-6H. The van der Waals surface area contributed by atoms with Gasteiger partial charge >= 0.3 is 10.2 Å².